The summed E-state index contributed by atoms with van der Waals surface area (Å²) in [4.78, 5) is 3.59. The molecule has 3 aromatic rings. The molecule has 1 aliphatic rings. The molecule has 4 rings (SSSR count). The molecule has 168 valence electrons. The molecular formula is C24H25F2N3O2S. The SMILES string of the molecule is CN(C)c1ccc([C@H](CNS(=O)(=O)c2ccc(F)cc2F)N2CCc3ccccc32)cc1. The first-order valence-electron chi connectivity index (χ1n) is 10.3. The monoisotopic (exact) mass is 457 g/mol. The second-order valence-corrected chi connectivity index (χ2v) is 9.74. The Morgan fingerprint density at radius 1 is 1.03 bits per heavy atom. The zero-order valence-corrected chi connectivity index (χ0v) is 18.7. The first-order chi connectivity index (χ1) is 15.3. The molecule has 0 unspecified atom stereocenters. The minimum atomic E-state index is -4.17. The standard InChI is InChI=1S/C24H25F2N3O2S/c1-28(2)20-10-7-18(8-11-20)23(29-14-13-17-5-3-4-6-22(17)29)16-27-32(30,31)24-12-9-19(25)15-21(24)26/h3-12,15,23,27H,13-14,16H2,1-2H3/t23-/m0/s1. The van der Waals surface area contributed by atoms with Crippen LogP contribution in [0.2, 0.25) is 0 Å². The normalized spacial score (nSPS) is 14.3. The third-order valence-corrected chi connectivity index (χ3v) is 7.20. The Balaban J connectivity index is 1.65. The second-order valence-electron chi connectivity index (χ2n) is 8.00. The van der Waals surface area contributed by atoms with Crippen molar-refractivity contribution in [1.29, 1.82) is 0 Å². The van der Waals surface area contributed by atoms with Gasteiger partial charge in [-0.3, -0.25) is 0 Å². The maximum atomic E-state index is 14.1. The van der Waals surface area contributed by atoms with Crippen molar-refractivity contribution >= 4 is 21.4 Å². The molecule has 1 heterocycles. The fraction of sp³-hybridized carbons (Fsp3) is 0.250. The molecule has 0 fully saturated rings. The Labute approximate surface area is 187 Å². The second kappa shape index (κ2) is 8.88. The zero-order chi connectivity index (χ0) is 22.9. The van der Waals surface area contributed by atoms with E-state index in [1.807, 2.05) is 61.5 Å². The third kappa shape index (κ3) is 4.47. The average Bonchev–Trinajstić information content (AvgIpc) is 3.18. The fourth-order valence-electron chi connectivity index (χ4n) is 4.05. The third-order valence-electron chi connectivity index (χ3n) is 5.74. The van der Waals surface area contributed by atoms with Gasteiger partial charge in [0.2, 0.25) is 10.0 Å². The average molecular weight is 458 g/mol. The predicted octanol–water partition coefficient (Wildman–Crippen LogP) is 4.11. The minimum Gasteiger partial charge on any atom is -0.378 e. The highest BCUT2D eigenvalue weighted by atomic mass is 32.2. The van der Waals surface area contributed by atoms with Gasteiger partial charge in [0.05, 0.1) is 6.04 Å². The van der Waals surface area contributed by atoms with E-state index in [1.54, 1.807) is 0 Å². The molecule has 32 heavy (non-hydrogen) atoms. The Morgan fingerprint density at radius 2 is 1.75 bits per heavy atom. The van der Waals surface area contributed by atoms with Crippen molar-refractivity contribution in [2.75, 3.05) is 37.0 Å². The smallest absolute Gasteiger partial charge is 0.243 e. The van der Waals surface area contributed by atoms with Crippen LogP contribution in [0.25, 0.3) is 0 Å². The lowest BCUT2D eigenvalue weighted by Crippen LogP contribution is -2.37. The topological polar surface area (TPSA) is 52.7 Å². The molecule has 1 atom stereocenters. The molecule has 0 aromatic heterocycles. The van der Waals surface area contributed by atoms with Crippen molar-refractivity contribution in [2.45, 2.75) is 17.4 Å². The minimum absolute atomic E-state index is 0.0365. The van der Waals surface area contributed by atoms with Crippen LogP contribution < -0.4 is 14.5 Å². The van der Waals surface area contributed by atoms with E-state index in [0.29, 0.717) is 6.07 Å². The van der Waals surface area contributed by atoms with Gasteiger partial charge in [-0.15, -0.1) is 0 Å². The molecule has 1 aliphatic heterocycles. The summed E-state index contributed by atoms with van der Waals surface area (Å²) in [5.41, 5.74) is 4.23. The van der Waals surface area contributed by atoms with Crippen LogP contribution in [0.5, 0.6) is 0 Å². The molecule has 1 N–H and O–H groups in total. The van der Waals surface area contributed by atoms with Crippen molar-refractivity contribution in [2.24, 2.45) is 0 Å². The molecule has 3 aromatic carbocycles. The molecule has 0 saturated heterocycles. The van der Waals surface area contributed by atoms with Crippen LogP contribution in [0.1, 0.15) is 17.2 Å². The lowest BCUT2D eigenvalue weighted by molar-refractivity contribution is 0.536. The van der Waals surface area contributed by atoms with Gasteiger partial charge >= 0.3 is 0 Å². The van der Waals surface area contributed by atoms with Gasteiger partial charge < -0.3 is 9.80 Å². The number of anilines is 2. The number of rotatable bonds is 7. The number of para-hydroxylation sites is 1. The number of sulfonamides is 1. The van der Waals surface area contributed by atoms with Gasteiger partial charge in [0.1, 0.15) is 16.5 Å². The summed E-state index contributed by atoms with van der Waals surface area (Å²) in [5, 5.41) is 0. The first kappa shape index (κ1) is 22.2. The fourth-order valence-corrected chi connectivity index (χ4v) is 5.15. The van der Waals surface area contributed by atoms with Crippen molar-refractivity contribution < 1.29 is 17.2 Å². The molecule has 0 spiro atoms. The summed E-state index contributed by atoms with van der Waals surface area (Å²) < 4.78 is 55.5. The number of halogens is 2. The van der Waals surface area contributed by atoms with Gasteiger partial charge in [0, 0.05) is 44.6 Å². The molecule has 5 nitrogen and oxygen atoms in total. The molecular weight excluding hydrogens is 432 g/mol. The molecule has 0 aliphatic carbocycles. The van der Waals surface area contributed by atoms with Crippen LogP contribution in [0.3, 0.4) is 0 Å². The van der Waals surface area contributed by atoms with Crippen molar-refractivity contribution in [1.82, 2.24) is 4.72 Å². The largest absolute Gasteiger partial charge is 0.378 e. The molecule has 0 radical (unpaired) electrons. The molecule has 8 heteroatoms. The maximum absolute atomic E-state index is 14.1. The summed E-state index contributed by atoms with van der Waals surface area (Å²) >= 11 is 0. The van der Waals surface area contributed by atoms with E-state index in [9.17, 15) is 17.2 Å². The van der Waals surface area contributed by atoms with Gasteiger partial charge in [0.25, 0.3) is 0 Å². The first-order valence-corrected chi connectivity index (χ1v) is 11.8. The van der Waals surface area contributed by atoms with Crippen LogP contribution in [-0.2, 0) is 16.4 Å². The Kier molecular flexibility index (Phi) is 6.17. The van der Waals surface area contributed by atoms with Crippen molar-refractivity contribution in [3.63, 3.8) is 0 Å². The number of nitrogens with zero attached hydrogens (tertiary/aromatic N) is 2. The highest BCUT2D eigenvalue weighted by Gasteiger charge is 2.29. The summed E-state index contributed by atoms with van der Waals surface area (Å²) in [6.45, 7) is 0.779. The lowest BCUT2D eigenvalue weighted by Gasteiger charge is -2.31. The highest BCUT2D eigenvalue weighted by Crippen LogP contribution is 2.35. The van der Waals surface area contributed by atoms with Crippen LogP contribution in [0.15, 0.2) is 71.6 Å². The van der Waals surface area contributed by atoms with E-state index in [-0.39, 0.29) is 12.6 Å². The highest BCUT2D eigenvalue weighted by molar-refractivity contribution is 7.89. The zero-order valence-electron chi connectivity index (χ0n) is 17.9. The number of benzene rings is 3. The van der Waals surface area contributed by atoms with E-state index < -0.39 is 26.6 Å². The van der Waals surface area contributed by atoms with Crippen LogP contribution in [0, 0.1) is 11.6 Å². The summed E-state index contributed by atoms with van der Waals surface area (Å²) in [5.74, 6) is -1.94. The van der Waals surface area contributed by atoms with E-state index in [2.05, 4.69) is 15.7 Å². The van der Waals surface area contributed by atoms with Crippen LogP contribution in [-0.4, -0.2) is 35.6 Å². The van der Waals surface area contributed by atoms with Crippen LogP contribution in [0.4, 0.5) is 20.2 Å². The van der Waals surface area contributed by atoms with E-state index >= 15 is 0 Å². The number of hydrogen-bond acceptors (Lipinski definition) is 4. The van der Waals surface area contributed by atoms with E-state index in [0.717, 1.165) is 42.0 Å². The Bertz CT molecular complexity index is 1210. The predicted molar refractivity (Wildman–Crippen MR) is 123 cm³/mol. The number of nitrogens with one attached hydrogen (secondary N) is 1. The summed E-state index contributed by atoms with van der Waals surface area (Å²) in [6, 6.07) is 18.1. The summed E-state index contributed by atoms with van der Waals surface area (Å²) in [6.07, 6.45) is 0.863. The maximum Gasteiger partial charge on any atom is 0.243 e. The van der Waals surface area contributed by atoms with E-state index in [1.165, 1.54) is 5.56 Å². The molecule has 0 bridgehead atoms. The Hall–Kier alpha value is -2.97. The van der Waals surface area contributed by atoms with Gasteiger partial charge in [-0.1, -0.05) is 30.3 Å². The molecule has 0 amide bonds. The number of fused-ring (bicyclic) bond motifs is 1. The van der Waals surface area contributed by atoms with Crippen molar-refractivity contribution in [3.05, 3.63) is 89.5 Å². The molecule has 0 saturated carbocycles. The van der Waals surface area contributed by atoms with Gasteiger partial charge in [-0.05, 0) is 47.9 Å². The number of hydrogen-bond donors (Lipinski definition) is 1. The van der Waals surface area contributed by atoms with Gasteiger partial charge in [-0.25, -0.2) is 21.9 Å². The van der Waals surface area contributed by atoms with E-state index in [4.69, 9.17) is 0 Å². The van der Waals surface area contributed by atoms with Crippen LogP contribution >= 0.6 is 0 Å². The Morgan fingerprint density at radius 3 is 2.44 bits per heavy atom. The van der Waals surface area contributed by atoms with Crippen molar-refractivity contribution in [3.8, 4) is 0 Å². The lowest BCUT2D eigenvalue weighted by atomic mass is 10.0. The van der Waals surface area contributed by atoms with Gasteiger partial charge in [-0.2, -0.15) is 0 Å². The summed E-state index contributed by atoms with van der Waals surface area (Å²) in [7, 11) is -0.260. The van der Waals surface area contributed by atoms with Gasteiger partial charge in [0.15, 0.2) is 0 Å². The quantitative estimate of drug-likeness (QED) is 0.580.